The van der Waals surface area contributed by atoms with E-state index in [-0.39, 0.29) is 0 Å². The number of benzene rings is 1. The van der Waals surface area contributed by atoms with Gasteiger partial charge in [0.05, 0.1) is 0 Å². The van der Waals surface area contributed by atoms with E-state index in [0.717, 1.165) is 12.3 Å². The van der Waals surface area contributed by atoms with Gasteiger partial charge in [0.2, 0.25) is 0 Å². The van der Waals surface area contributed by atoms with Gasteiger partial charge in [-0.05, 0) is 5.56 Å². The number of rotatable bonds is 4. The lowest BCUT2D eigenvalue weighted by Gasteiger charge is -2.00. The highest BCUT2D eigenvalue weighted by molar-refractivity contribution is 7.97. The summed E-state index contributed by atoms with van der Waals surface area (Å²) in [5.74, 6) is 1.12. The standard InChI is InChI=1S/C9H13NS/c1-2-11-10-8-9-6-4-3-5-7-9/h3-7,10H,2,8H2,1H3. The molecule has 1 aromatic rings. The van der Waals surface area contributed by atoms with Crippen LogP contribution in [-0.2, 0) is 6.54 Å². The second-order valence-electron chi connectivity index (χ2n) is 2.24. The van der Waals surface area contributed by atoms with Gasteiger partial charge in [0.25, 0.3) is 0 Å². The maximum atomic E-state index is 3.27. The molecule has 2 heteroatoms. The Morgan fingerprint density at radius 1 is 1.27 bits per heavy atom. The van der Waals surface area contributed by atoms with Crippen molar-refractivity contribution in [1.29, 1.82) is 0 Å². The van der Waals surface area contributed by atoms with Crippen LogP contribution in [-0.4, -0.2) is 5.75 Å². The van der Waals surface area contributed by atoms with Crippen molar-refractivity contribution in [2.45, 2.75) is 13.5 Å². The van der Waals surface area contributed by atoms with Gasteiger partial charge in [-0.25, -0.2) is 0 Å². The lowest BCUT2D eigenvalue weighted by Crippen LogP contribution is -2.02. The minimum absolute atomic E-state index is 0.958. The molecule has 60 valence electrons. The molecule has 0 aliphatic rings. The van der Waals surface area contributed by atoms with Gasteiger partial charge < -0.3 is 0 Å². The molecule has 0 saturated heterocycles. The Morgan fingerprint density at radius 3 is 2.64 bits per heavy atom. The topological polar surface area (TPSA) is 12.0 Å². The second kappa shape index (κ2) is 5.22. The van der Waals surface area contributed by atoms with Crippen molar-refractivity contribution in [2.24, 2.45) is 0 Å². The highest BCUT2D eigenvalue weighted by Crippen LogP contribution is 2.00. The zero-order valence-electron chi connectivity index (χ0n) is 6.71. The molecule has 1 aromatic carbocycles. The fraction of sp³-hybridized carbons (Fsp3) is 0.333. The minimum Gasteiger partial charge on any atom is -0.260 e. The van der Waals surface area contributed by atoms with E-state index < -0.39 is 0 Å². The van der Waals surface area contributed by atoms with Crippen LogP contribution in [0, 0.1) is 0 Å². The summed E-state index contributed by atoms with van der Waals surface area (Å²) in [6.07, 6.45) is 0. The first kappa shape index (κ1) is 8.62. The van der Waals surface area contributed by atoms with E-state index >= 15 is 0 Å². The zero-order chi connectivity index (χ0) is 7.94. The molecule has 0 aliphatic carbocycles. The lowest BCUT2D eigenvalue weighted by atomic mass is 10.2. The summed E-state index contributed by atoms with van der Waals surface area (Å²) in [6.45, 7) is 3.10. The van der Waals surface area contributed by atoms with Gasteiger partial charge in [0, 0.05) is 12.3 Å². The van der Waals surface area contributed by atoms with Crippen molar-refractivity contribution in [3.05, 3.63) is 35.9 Å². The predicted molar refractivity (Wildman–Crippen MR) is 51.4 cm³/mol. The highest BCUT2D eigenvalue weighted by atomic mass is 32.2. The third kappa shape index (κ3) is 3.44. The smallest absolute Gasteiger partial charge is 0.0309 e. The molecule has 0 bridgehead atoms. The van der Waals surface area contributed by atoms with E-state index in [0.29, 0.717) is 0 Å². The van der Waals surface area contributed by atoms with Crippen LogP contribution in [0.15, 0.2) is 30.3 Å². The van der Waals surface area contributed by atoms with Crippen molar-refractivity contribution in [2.75, 3.05) is 5.75 Å². The van der Waals surface area contributed by atoms with E-state index in [2.05, 4.69) is 35.9 Å². The summed E-state index contributed by atoms with van der Waals surface area (Å²) in [7, 11) is 0. The van der Waals surface area contributed by atoms with E-state index in [9.17, 15) is 0 Å². The third-order valence-electron chi connectivity index (χ3n) is 1.37. The third-order valence-corrected chi connectivity index (χ3v) is 2.00. The highest BCUT2D eigenvalue weighted by Gasteiger charge is 1.87. The molecule has 0 aromatic heterocycles. The molecule has 0 atom stereocenters. The fourth-order valence-electron chi connectivity index (χ4n) is 0.832. The Kier molecular flexibility index (Phi) is 4.09. The summed E-state index contributed by atoms with van der Waals surface area (Å²) in [5, 5.41) is 0. The molecule has 1 rings (SSSR count). The largest absolute Gasteiger partial charge is 0.260 e. The van der Waals surface area contributed by atoms with Crippen molar-refractivity contribution in [3.63, 3.8) is 0 Å². The van der Waals surface area contributed by atoms with Gasteiger partial charge >= 0.3 is 0 Å². The first-order valence-electron chi connectivity index (χ1n) is 3.82. The number of hydrogen-bond acceptors (Lipinski definition) is 2. The SMILES string of the molecule is CCSNCc1ccccc1. The van der Waals surface area contributed by atoms with Gasteiger partial charge in [-0.2, -0.15) is 0 Å². The normalized spacial score (nSPS) is 9.91. The quantitative estimate of drug-likeness (QED) is 0.546. The lowest BCUT2D eigenvalue weighted by molar-refractivity contribution is 0.976. The zero-order valence-corrected chi connectivity index (χ0v) is 7.53. The summed E-state index contributed by atoms with van der Waals surface area (Å²) < 4.78 is 3.27. The van der Waals surface area contributed by atoms with Crippen LogP contribution in [0.1, 0.15) is 12.5 Å². The first-order valence-corrected chi connectivity index (χ1v) is 4.80. The number of hydrogen-bond donors (Lipinski definition) is 1. The van der Waals surface area contributed by atoms with Crippen LogP contribution in [0.3, 0.4) is 0 Å². The van der Waals surface area contributed by atoms with Gasteiger partial charge in [0.15, 0.2) is 0 Å². The van der Waals surface area contributed by atoms with E-state index in [4.69, 9.17) is 0 Å². The monoisotopic (exact) mass is 167 g/mol. The Bertz CT molecular complexity index is 186. The maximum absolute atomic E-state index is 3.27. The number of nitrogens with one attached hydrogen (secondary N) is 1. The molecule has 0 unspecified atom stereocenters. The molecular formula is C9H13NS. The molecule has 0 heterocycles. The summed E-state index contributed by atoms with van der Waals surface area (Å²) in [5.41, 5.74) is 1.34. The molecule has 0 saturated carbocycles. The summed E-state index contributed by atoms with van der Waals surface area (Å²) >= 11 is 1.75. The van der Waals surface area contributed by atoms with Crippen LogP contribution < -0.4 is 4.72 Å². The molecule has 0 amide bonds. The van der Waals surface area contributed by atoms with Gasteiger partial charge in [0.1, 0.15) is 0 Å². The summed E-state index contributed by atoms with van der Waals surface area (Å²) in [4.78, 5) is 0. The van der Waals surface area contributed by atoms with Crippen molar-refractivity contribution >= 4 is 11.9 Å². The molecule has 11 heavy (non-hydrogen) atoms. The van der Waals surface area contributed by atoms with Gasteiger partial charge in [-0.3, -0.25) is 4.72 Å². The molecule has 0 radical (unpaired) electrons. The van der Waals surface area contributed by atoms with Gasteiger partial charge in [-0.15, -0.1) is 0 Å². The Hall–Kier alpha value is -0.470. The van der Waals surface area contributed by atoms with E-state index in [1.807, 2.05) is 6.07 Å². The first-order chi connectivity index (χ1) is 5.43. The Balaban J connectivity index is 2.28. The predicted octanol–water partition coefficient (Wildman–Crippen LogP) is 2.44. The van der Waals surface area contributed by atoms with Gasteiger partial charge in [-0.1, -0.05) is 49.2 Å². The van der Waals surface area contributed by atoms with Crippen LogP contribution in [0.5, 0.6) is 0 Å². The molecular weight excluding hydrogens is 154 g/mol. The van der Waals surface area contributed by atoms with Crippen molar-refractivity contribution < 1.29 is 0 Å². The molecule has 0 aliphatic heterocycles. The van der Waals surface area contributed by atoms with Crippen LogP contribution >= 0.6 is 11.9 Å². The van der Waals surface area contributed by atoms with Crippen LogP contribution in [0.25, 0.3) is 0 Å². The van der Waals surface area contributed by atoms with Crippen LogP contribution in [0.4, 0.5) is 0 Å². The average molecular weight is 167 g/mol. The Labute approximate surface area is 72.3 Å². The Morgan fingerprint density at radius 2 is 2.00 bits per heavy atom. The fourth-order valence-corrected chi connectivity index (χ4v) is 1.31. The molecule has 0 fully saturated rings. The molecule has 0 spiro atoms. The second-order valence-corrected chi connectivity index (χ2v) is 3.39. The molecule has 1 N–H and O–H groups in total. The minimum atomic E-state index is 0.958. The molecule has 1 nitrogen and oxygen atoms in total. The van der Waals surface area contributed by atoms with Crippen molar-refractivity contribution in [3.8, 4) is 0 Å². The van der Waals surface area contributed by atoms with E-state index in [1.165, 1.54) is 5.56 Å². The van der Waals surface area contributed by atoms with Crippen molar-refractivity contribution in [1.82, 2.24) is 4.72 Å². The average Bonchev–Trinajstić information content (AvgIpc) is 2.07. The van der Waals surface area contributed by atoms with E-state index in [1.54, 1.807) is 11.9 Å². The maximum Gasteiger partial charge on any atom is 0.0309 e. The van der Waals surface area contributed by atoms with Crippen LogP contribution in [0.2, 0.25) is 0 Å². The summed E-state index contributed by atoms with van der Waals surface area (Å²) in [6, 6.07) is 10.4.